The Bertz CT molecular complexity index is 508. The number of cyclic esters (lactones) is 2. The normalized spacial score (nSPS) is 19.8. The smallest absolute Gasteiger partial charge is 0.415 e. The Kier molecular flexibility index (Phi) is 3.79. The quantitative estimate of drug-likeness (QED) is 0.611. The standard InChI is InChI=1S/C8H6O2.C5H7NO3/c9-8-7-3-1-6(2-4-7)5-10-8;1-2-3-4(7)9-5(8)6-3/h1-4H,5H2;3H,2H2,1H3,(H,6,8). The van der Waals surface area contributed by atoms with Gasteiger partial charge in [-0.2, -0.15) is 0 Å². The second kappa shape index (κ2) is 5.51. The van der Waals surface area contributed by atoms with Crippen molar-refractivity contribution in [2.24, 2.45) is 0 Å². The molecule has 3 heterocycles. The Balaban J connectivity index is 0.000000141. The maximum absolute atomic E-state index is 10.9. The van der Waals surface area contributed by atoms with Gasteiger partial charge in [-0.1, -0.05) is 19.1 Å². The molecular weight excluding hydrogens is 250 g/mol. The monoisotopic (exact) mass is 263 g/mol. The van der Waals surface area contributed by atoms with Crippen LogP contribution in [0.3, 0.4) is 0 Å². The van der Waals surface area contributed by atoms with Crippen LogP contribution in [0, 0.1) is 0 Å². The average molecular weight is 263 g/mol. The fourth-order valence-corrected chi connectivity index (χ4v) is 1.63. The minimum atomic E-state index is -0.633. The predicted octanol–water partition coefficient (Wildman–Crippen LogP) is 1.39. The molecule has 1 aromatic carbocycles. The average Bonchev–Trinajstić information content (AvgIpc) is 2.55. The first-order valence-electron chi connectivity index (χ1n) is 5.88. The molecule has 19 heavy (non-hydrogen) atoms. The van der Waals surface area contributed by atoms with Crippen molar-refractivity contribution in [3.63, 3.8) is 0 Å². The van der Waals surface area contributed by atoms with Gasteiger partial charge in [0.2, 0.25) is 0 Å². The largest absolute Gasteiger partial charge is 0.457 e. The second-order valence-electron chi connectivity index (χ2n) is 4.09. The van der Waals surface area contributed by atoms with Gasteiger partial charge in [-0.15, -0.1) is 0 Å². The number of carbonyl (C=O) groups is 3. The highest BCUT2D eigenvalue weighted by Crippen LogP contribution is 2.12. The molecule has 0 aromatic heterocycles. The van der Waals surface area contributed by atoms with E-state index in [1.807, 2.05) is 12.1 Å². The molecule has 1 aromatic rings. The van der Waals surface area contributed by atoms with E-state index in [0.717, 1.165) is 5.56 Å². The molecule has 6 nitrogen and oxygen atoms in total. The van der Waals surface area contributed by atoms with Crippen molar-refractivity contribution in [1.82, 2.24) is 5.32 Å². The fraction of sp³-hybridized carbons (Fsp3) is 0.308. The summed E-state index contributed by atoms with van der Waals surface area (Å²) in [6.45, 7) is 2.22. The van der Waals surface area contributed by atoms with E-state index in [-0.39, 0.29) is 5.97 Å². The third kappa shape index (κ3) is 3.09. The van der Waals surface area contributed by atoms with Gasteiger partial charge in [0.05, 0.1) is 5.56 Å². The summed E-state index contributed by atoms with van der Waals surface area (Å²) in [5.74, 6) is -0.692. The number of ether oxygens (including phenoxy) is 2. The van der Waals surface area contributed by atoms with Crippen molar-refractivity contribution in [3.05, 3.63) is 35.4 Å². The van der Waals surface area contributed by atoms with E-state index < -0.39 is 18.1 Å². The molecule has 1 N–H and O–H groups in total. The summed E-state index contributed by atoms with van der Waals surface area (Å²) in [6, 6.07) is 6.95. The van der Waals surface area contributed by atoms with E-state index in [0.29, 0.717) is 18.6 Å². The molecule has 100 valence electrons. The minimum Gasteiger partial charge on any atom is -0.457 e. The number of alkyl carbamates (subject to hydrolysis) is 1. The van der Waals surface area contributed by atoms with Gasteiger partial charge in [0.25, 0.3) is 0 Å². The van der Waals surface area contributed by atoms with Crippen molar-refractivity contribution in [2.75, 3.05) is 0 Å². The van der Waals surface area contributed by atoms with E-state index in [1.165, 1.54) is 0 Å². The maximum atomic E-state index is 10.9. The molecule has 0 radical (unpaired) electrons. The van der Waals surface area contributed by atoms with Crippen LogP contribution in [0.25, 0.3) is 0 Å². The van der Waals surface area contributed by atoms with E-state index in [2.05, 4.69) is 10.1 Å². The summed E-state index contributed by atoms with van der Waals surface area (Å²) in [5, 5.41) is 2.34. The van der Waals surface area contributed by atoms with E-state index in [9.17, 15) is 14.4 Å². The third-order valence-electron chi connectivity index (χ3n) is 2.74. The lowest BCUT2D eigenvalue weighted by Crippen LogP contribution is -2.27. The molecule has 0 saturated carbocycles. The van der Waals surface area contributed by atoms with Gasteiger partial charge in [0.1, 0.15) is 12.6 Å². The predicted molar refractivity (Wildman–Crippen MR) is 64.3 cm³/mol. The number of rotatable bonds is 1. The van der Waals surface area contributed by atoms with Crippen LogP contribution in [0.4, 0.5) is 4.79 Å². The number of hydrogen-bond acceptors (Lipinski definition) is 5. The zero-order valence-electron chi connectivity index (χ0n) is 10.3. The van der Waals surface area contributed by atoms with Crippen LogP contribution in [0.5, 0.6) is 0 Å². The summed E-state index contributed by atoms with van der Waals surface area (Å²) in [5.41, 5.74) is 1.69. The van der Waals surface area contributed by atoms with Gasteiger partial charge >= 0.3 is 18.0 Å². The van der Waals surface area contributed by atoms with Crippen LogP contribution >= 0.6 is 0 Å². The molecule has 1 atom stereocenters. The highest BCUT2D eigenvalue weighted by atomic mass is 16.6. The molecule has 0 spiro atoms. The van der Waals surface area contributed by atoms with Gasteiger partial charge in [0, 0.05) is 0 Å². The number of carbonyl (C=O) groups excluding carboxylic acids is 3. The highest BCUT2D eigenvalue weighted by molar-refractivity contribution is 5.95. The van der Waals surface area contributed by atoms with Crippen LogP contribution in [0.15, 0.2) is 24.3 Å². The summed E-state index contributed by atoms with van der Waals surface area (Å²) < 4.78 is 9.03. The molecule has 6 heteroatoms. The van der Waals surface area contributed by atoms with Gasteiger partial charge in [-0.3, -0.25) is 0 Å². The molecule has 1 amide bonds. The minimum absolute atomic E-state index is 0.222. The molecule has 2 bridgehead atoms. The van der Waals surface area contributed by atoms with E-state index in [1.54, 1.807) is 19.1 Å². The van der Waals surface area contributed by atoms with Gasteiger partial charge in [-0.25, -0.2) is 14.4 Å². The third-order valence-corrected chi connectivity index (χ3v) is 2.74. The topological polar surface area (TPSA) is 81.7 Å². The molecule has 0 aliphatic carbocycles. The molecule has 3 aliphatic rings. The molecule has 1 saturated heterocycles. The first-order chi connectivity index (χ1) is 9.10. The number of benzene rings is 1. The molecule has 3 aliphatic heterocycles. The number of hydrogen-bond donors (Lipinski definition) is 1. The summed E-state index contributed by atoms with van der Waals surface area (Å²) in [7, 11) is 0. The summed E-state index contributed by atoms with van der Waals surface area (Å²) in [4.78, 5) is 31.7. The zero-order chi connectivity index (χ0) is 13.8. The number of nitrogens with one attached hydrogen (secondary N) is 1. The highest BCUT2D eigenvalue weighted by Gasteiger charge is 2.30. The van der Waals surface area contributed by atoms with Crippen LogP contribution < -0.4 is 5.32 Å². The zero-order valence-corrected chi connectivity index (χ0v) is 10.3. The Labute approximate surface area is 109 Å². The first-order valence-corrected chi connectivity index (χ1v) is 5.88. The number of esters is 2. The SMILES string of the molecule is CCC1NC(=O)OC1=O.O=C1OCc2ccc1cc2. The molecule has 4 rings (SSSR count). The van der Waals surface area contributed by atoms with Gasteiger partial charge in [-0.05, 0) is 24.1 Å². The van der Waals surface area contributed by atoms with Crippen molar-refractivity contribution in [2.45, 2.75) is 26.0 Å². The number of fused-ring (bicyclic) bond motifs is 4. The fourth-order valence-electron chi connectivity index (χ4n) is 1.63. The second-order valence-corrected chi connectivity index (χ2v) is 4.09. The van der Waals surface area contributed by atoms with Gasteiger partial charge < -0.3 is 14.8 Å². The van der Waals surface area contributed by atoms with Crippen molar-refractivity contribution >= 4 is 18.0 Å². The Hall–Kier alpha value is -2.37. The van der Waals surface area contributed by atoms with E-state index >= 15 is 0 Å². The van der Waals surface area contributed by atoms with Crippen molar-refractivity contribution in [3.8, 4) is 0 Å². The van der Waals surface area contributed by atoms with Crippen LogP contribution in [0.1, 0.15) is 29.3 Å². The lowest BCUT2D eigenvalue weighted by molar-refractivity contribution is -0.135. The van der Waals surface area contributed by atoms with Crippen molar-refractivity contribution < 1.29 is 23.9 Å². The van der Waals surface area contributed by atoms with Crippen LogP contribution in [-0.4, -0.2) is 24.1 Å². The molecule has 1 fully saturated rings. The number of amides is 1. The van der Waals surface area contributed by atoms with Crippen LogP contribution in [-0.2, 0) is 20.9 Å². The van der Waals surface area contributed by atoms with Gasteiger partial charge in [0.15, 0.2) is 0 Å². The molecule has 1 unspecified atom stereocenters. The summed E-state index contributed by atoms with van der Waals surface area (Å²) in [6.07, 6.45) is -0.0447. The Morgan fingerprint density at radius 2 is 1.89 bits per heavy atom. The lowest BCUT2D eigenvalue weighted by atomic mass is 10.2. The van der Waals surface area contributed by atoms with Crippen LogP contribution in [0.2, 0.25) is 0 Å². The van der Waals surface area contributed by atoms with E-state index in [4.69, 9.17) is 4.74 Å². The molecular formula is C13H13NO5. The Morgan fingerprint density at radius 3 is 2.37 bits per heavy atom. The van der Waals surface area contributed by atoms with Crippen molar-refractivity contribution in [1.29, 1.82) is 0 Å². The maximum Gasteiger partial charge on any atom is 0.415 e. The lowest BCUT2D eigenvalue weighted by Gasteiger charge is -1.96. The Morgan fingerprint density at radius 1 is 1.21 bits per heavy atom. The summed E-state index contributed by atoms with van der Waals surface area (Å²) >= 11 is 0. The first kappa shape index (κ1) is 13.1.